The van der Waals surface area contributed by atoms with Gasteiger partial charge < -0.3 is 10.2 Å². The molecule has 1 aromatic carbocycles. The third kappa shape index (κ3) is 2.66. The van der Waals surface area contributed by atoms with Crippen molar-refractivity contribution in [2.75, 3.05) is 18.0 Å². The van der Waals surface area contributed by atoms with Gasteiger partial charge in [-0.15, -0.1) is 0 Å². The van der Waals surface area contributed by atoms with Gasteiger partial charge in [0, 0.05) is 31.2 Å². The second-order valence-electron chi connectivity index (χ2n) is 5.31. The summed E-state index contributed by atoms with van der Waals surface area (Å²) in [5.74, 6) is 0.209. The summed E-state index contributed by atoms with van der Waals surface area (Å²) in [5, 5.41) is 3.05. The van der Waals surface area contributed by atoms with E-state index in [1.54, 1.807) is 0 Å². The summed E-state index contributed by atoms with van der Waals surface area (Å²) in [6, 6.07) is 9.04. The van der Waals surface area contributed by atoms with E-state index in [4.69, 9.17) is 0 Å². The number of benzene rings is 1. The number of carbonyl (C=O) groups excluding carboxylic acids is 1. The van der Waals surface area contributed by atoms with Crippen LogP contribution in [0.4, 0.5) is 5.69 Å². The highest BCUT2D eigenvalue weighted by atomic mass is 16.1. The lowest BCUT2D eigenvalue weighted by Crippen LogP contribution is -2.34. The van der Waals surface area contributed by atoms with Crippen molar-refractivity contribution in [1.29, 1.82) is 0 Å². The maximum absolute atomic E-state index is 11.7. The van der Waals surface area contributed by atoms with Crippen LogP contribution in [0.1, 0.15) is 31.2 Å². The first-order valence-corrected chi connectivity index (χ1v) is 6.95. The third-order valence-electron chi connectivity index (χ3n) is 3.76. The van der Waals surface area contributed by atoms with E-state index < -0.39 is 0 Å². The molecule has 1 aliphatic carbocycles. The number of nitrogens with zero attached hydrogens (tertiary/aromatic N) is 1. The number of carbonyl (C=O) groups is 1. The summed E-state index contributed by atoms with van der Waals surface area (Å²) >= 11 is 0. The molecule has 0 unspecified atom stereocenters. The minimum atomic E-state index is 0.209. The largest absolute Gasteiger partial charge is 0.371 e. The smallest absolute Gasteiger partial charge is 0.221 e. The van der Waals surface area contributed by atoms with Crippen LogP contribution in [0.3, 0.4) is 0 Å². The van der Waals surface area contributed by atoms with Crippen LogP contribution in [0.25, 0.3) is 0 Å². The predicted octanol–water partition coefficient (Wildman–Crippen LogP) is 2.11. The number of hydrogen-bond donors (Lipinski definition) is 1. The normalized spacial score (nSPS) is 18.3. The molecule has 1 N–H and O–H groups in total. The lowest BCUT2D eigenvalue weighted by molar-refractivity contribution is -0.121. The summed E-state index contributed by atoms with van der Waals surface area (Å²) in [4.78, 5) is 14.1. The third-order valence-corrected chi connectivity index (χ3v) is 3.76. The summed E-state index contributed by atoms with van der Waals surface area (Å²) in [7, 11) is 0. The van der Waals surface area contributed by atoms with Crippen molar-refractivity contribution >= 4 is 11.6 Å². The van der Waals surface area contributed by atoms with Crippen molar-refractivity contribution in [2.45, 2.75) is 38.1 Å². The Labute approximate surface area is 108 Å². The molecule has 0 aromatic heterocycles. The molecule has 1 amide bonds. The topological polar surface area (TPSA) is 32.3 Å². The molecule has 0 radical (unpaired) electrons. The molecule has 3 heteroatoms. The van der Waals surface area contributed by atoms with Gasteiger partial charge in [-0.3, -0.25) is 4.79 Å². The fourth-order valence-electron chi connectivity index (χ4n) is 2.61. The predicted molar refractivity (Wildman–Crippen MR) is 72.8 cm³/mol. The molecule has 18 heavy (non-hydrogen) atoms. The second kappa shape index (κ2) is 5.01. The van der Waals surface area contributed by atoms with Gasteiger partial charge in [0.2, 0.25) is 5.91 Å². The standard InChI is InChI=1S/C15H20N2O/c18-15(16-13-7-8-13)9-11-17-10-3-5-12-4-1-2-6-14(12)17/h1-2,4,6,13H,3,5,7-11H2,(H,16,18). The van der Waals surface area contributed by atoms with E-state index in [1.807, 2.05) is 0 Å². The fraction of sp³-hybridized carbons (Fsp3) is 0.533. The minimum Gasteiger partial charge on any atom is -0.371 e. The lowest BCUT2D eigenvalue weighted by atomic mass is 10.0. The van der Waals surface area contributed by atoms with Crippen LogP contribution in [0.5, 0.6) is 0 Å². The fourth-order valence-corrected chi connectivity index (χ4v) is 2.61. The number of para-hydroxylation sites is 1. The van der Waals surface area contributed by atoms with Crippen LogP contribution in [-0.4, -0.2) is 25.0 Å². The van der Waals surface area contributed by atoms with Crippen molar-refractivity contribution in [3.63, 3.8) is 0 Å². The molecule has 96 valence electrons. The zero-order valence-electron chi connectivity index (χ0n) is 10.7. The Morgan fingerprint density at radius 3 is 3.00 bits per heavy atom. The lowest BCUT2D eigenvalue weighted by Gasteiger charge is -2.31. The van der Waals surface area contributed by atoms with E-state index in [0.29, 0.717) is 12.5 Å². The molecule has 1 saturated carbocycles. The van der Waals surface area contributed by atoms with E-state index in [-0.39, 0.29) is 5.91 Å². The Hall–Kier alpha value is -1.51. The van der Waals surface area contributed by atoms with Gasteiger partial charge in [-0.1, -0.05) is 18.2 Å². The number of rotatable bonds is 4. The molecular weight excluding hydrogens is 224 g/mol. The van der Waals surface area contributed by atoms with Crippen LogP contribution >= 0.6 is 0 Å². The Bertz CT molecular complexity index is 440. The van der Waals surface area contributed by atoms with E-state index in [9.17, 15) is 4.79 Å². The average Bonchev–Trinajstić information content (AvgIpc) is 3.20. The molecule has 0 bridgehead atoms. The number of anilines is 1. The van der Waals surface area contributed by atoms with E-state index in [2.05, 4.69) is 34.5 Å². The number of fused-ring (bicyclic) bond motifs is 1. The number of amides is 1. The zero-order chi connectivity index (χ0) is 12.4. The molecule has 1 fully saturated rings. The van der Waals surface area contributed by atoms with Gasteiger partial charge in [0.05, 0.1) is 0 Å². The second-order valence-corrected chi connectivity index (χ2v) is 5.31. The van der Waals surface area contributed by atoms with Gasteiger partial charge in [0.1, 0.15) is 0 Å². The maximum atomic E-state index is 11.7. The Morgan fingerprint density at radius 1 is 1.33 bits per heavy atom. The van der Waals surface area contributed by atoms with Crippen molar-refractivity contribution in [3.8, 4) is 0 Å². The molecule has 0 spiro atoms. The van der Waals surface area contributed by atoms with Crippen LogP contribution < -0.4 is 10.2 Å². The maximum Gasteiger partial charge on any atom is 0.221 e. The van der Waals surface area contributed by atoms with E-state index in [0.717, 1.165) is 25.9 Å². The Balaban J connectivity index is 1.58. The van der Waals surface area contributed by atoms with Crippen LogP contribution in [0, 0.1) is 0 Å². The van der Waals surface area contributed by atoms with Gasteiger partial charge in [0.25, 0.3) is 0 Å². The van der Waals surface area contributed by atoms with Gasteiger partial charge in [-0.05, 0) is 37.3 Å². The van der Waals surface area contributed by atoms with Gasteiger partial charge in [0.15, 0.2) is 0 Å². The van der Waals surface area contributed by atoms with Crippen molar-refractivity contribution in [2.24, 2.45) is 0 Å². The van der Waals surface area contributed by atoms with Crippen LogP contribution in [0.15, 0.2) is 24.3 Å². The first kappa shape index (κ1) is 11.6. The quantitative estimate of drug-likeness (QED) is 0.879. The van der Waals surface area contributed by atoms with Crippen LogP contribution in [-0.2, 0) is 11.2 Å². The summed E-state index contributed by atoms with van der Waals surface area (Å²) in [6.45, 7) is 1.92. The average molecular weight is 244 g/mol. The molecule has 1 aromatic rings. The molecule has 0 saturated heterocycles. The molecule has 3 rings (SSSR count). The monoisotopic (exact) mass is 244 g/mol. The van der Waals surface area contributed by atoms with Crippen molar-refractivity contribution in [3.05, 3.63) is 29.8 Å². The highest BCUT2D eigenvalue weighted by molar-refractivity contribution is 5.77. The number of hydrogen-bond acceptors (Lipinski definition) is 2. The Morgan fingerprint density at radius 2 is 2.17 bits per heavy atom. The Kier molecular flexibility index (Phi) is 3.22. The van der Waals surface area contributed by atoms with Crippen molar-refractivity contribution < 1.29 is 4.79 Å². The highest BCUT2D eigenvalue weighted by Crippen LogP contribution is 2.26. The number of nitrogens with one attached hydrogen (secondary N) is 1. The highest BCUT2D eigenvalue weighted by Gasteiger charge is 2.23. The molecule has 1 heterocycles. The van der Waals surface area contributed by atoms with Gasteiger partial charge in [-0.2, -0.15) is 0 Å². The first-order valence-electron chi connectivity index (χ1n) is 6.95. The van der Waals surface area contributed by atoms with Crippen LogP contribution in [0.2, 0.25) is 0 Å². The molecule has 3 nitrogen and oxygen atoms in total. The molecule has 2 aliphatic rings. The molecular formula is C15H20N2O. The first-order chi connectivity index (χ1) is 8.83. The van der Waals surface area contributed by atoms with Gasteiger partial charge >= 0.3 is 0 Å². The molecule has 0 atom stereocenters. The van der Waals surface area contributed by atoms with E-state index in [1.165, 1.54) is 24.1 Å². The summed E-state index contributed by atoms with van der Waals surface area (Å²) in [5.41, 5.74) is 2.74. The zero-order valence-corrected chi connectivity index (χ0v) is 10.7. The van der Waals surface area contributed by atoms with E-state index >= 15 is 0 Å². The minimum absolute atomic E-state index is 0.209. The summed E-state index contributed by atoms with van der Waals surface area (Å²) < 4.78 is 0. The summed E-state index contributed by atoms with van der Waals surface area (Å²) in [6.07, 6.45) is 5.31. The SMILES string of the molecule is O=C(CCN1CCCc2ccccc21)NC1CC1. The molecule has 1 aliphatic heterocycles. The van der Waals surface area contributed by atoms with Crippen molar-refractivity contribution in [1.82, 2.24) is 5.32 Å². The van der Waals surface area contributed by atoms with Gasteiger partial charge in [-0.25, -0.2) is 0 Å². The number of aryl methyl sites for hydroxylation is 1.